The molecule has 0 aromatic carbocycles. The Hall–Kier alpha value is -0.700. The van der Waals surface area contributed by atoms with Crippen molar-refractivity contribution < 1.29 is 4.79 Å². The number of allylic oxidation sites excluding steroid dienone is 3. The van der Waals surface area contributed by atoms with Gasteiger partial charge in [0.15, 0.2) is 0 Å². The summed E-state index contributed by atoms with van der Waals surface area (Å²) in [6.07, 6.45) is 10.2. The number of likely N-dealkylation sites (tertiary alicyclic amines) is 1. The van der Waals surface area contributed by atoms with Gasteiger partial charge in [-0.1, -0.05) is 31.9 Å². The van der Waals surface area contributed by atoms with Crippen LogP contribution in [-0.2, 0) is 4.79 Å². The highest BCUT2D eigenvalue weighted by Gasteiger charge is 2.63. The van der Waals surface area contributed by atoms with E-state index in [1.54, 1.807) is 11.8 Å². The largest absolute Gasteiger partial charge is 0.336 e. The highest BCUT2D eigenvalue weighted by Crippen LogP contribution is 2.57. The zero-order valence-electron chi connectivity index (χ0n) is 12.5. The normalized spacial score (nSPS) is 30.2. The molecule has 2 rings (SSSR count). The number of rotatable bonds is 6. The molecule has 2 heterocycles. The number of hydrogen-bond acceptors (Lipinski definition) is 2. The van der Waals surface area contributed by atoms with E-state index >= 15 is 0 Å². The summed E-state index contributed by atoms with van der Waals surface area (Å²) in [5.74, 6) is 0.320. The molecule has 0 unspecified atom stereocenters. The lowest BCUT2D eigenvalue weighted by Gasteiger charge is -2.51. The van der Waals surface area contributed by atoms with Crippen molar-refractivity contribution in [2.24, 2.45) is 0 Å². The molecule has 0 bridgehead atoms. The fourth-order valence-electron chi connectivity index (χ4n) is 3.22. The maximum absolute atomic E-state index is 12.3. The first-order valence-corrected chi connectivity index (χ1v) is 8.15. The van der Waals surface area contributed by atoms with Crippen LogP contribution in [0, 0.1) is 0 Å². The third kappa shape index (κ3) is 2.37. The van der Waals surface area contributed by atoms with Gasteiger partial charge in [-0.25, -0.2) is 0 Å². The number of nitrogens with zero attached hydrogens (tertiary/aromatic N) is 1. The smallest absolute Gasteiger partial charge is 0.241 e. The molecule has 0 aliphatic carbocycles. The second kappa shape index (κ2) is 5.74. The zero-order chi connectivity index (χ0) is 14.0. The maximum atomic E-state index is 12.3. The lowest BCUT2D eigenvalue weighted by Crippen LogP contribution is -2.69. The maximum Gasteiger partial charge on any atom is 0.241 e. The standard InChI is InChI=1S/C16H25NOS/c1-5-6-7-8-9-10-11-16-14(17(4)15(16)18)12(2)13(3)19-16/h8-9,14H,5-7,10-11H2,1-4H3/b9-8-/t14-,16+/m0/s1. The van der Waals surface area contributed by atoms with E-state index in [-0.39, 0.29) is 4.75 Å². The van der Waals surface area contributed by atoms with E-state index in [0.29, 0.717) is 11.9 Å². The molecule has 1 fully saturated rings. The minimum absolute atomic E-state index is 0.169. The molecule has 2 atom stereocenters. The van der Waals surface area contributed by atoms with Crippen molar-refractivity contribution >= 4 is 17.7 Å². The number of unbranched alkanes of at least 4 members (excludes halogenated alkanes) is 2. The SMILES string of the molecule is CCCC/C=C\CC[C@@]12SC(C)=C(C)[C@@H]1N(C)C2=O. The van der Waals surface area contributed by atoms with Crippen LogP contribution in [0.4, 0.5) is 0 Å². The van der Waals surface area contributed by atoms with Gasteiger partial charge in [0.25, 0.3) is 0 Å². The number of likely N-dealkylation sites (N-methyl/N-ethyl adjacent to an activating group) is 1. The van der Waals surface area contributed by atoms with Gasteiger partial charge < -0.3 is 4.90 Å². The lowest BCUT2D eigenvalue weighted by molar-refractivity contribution is -0.147. The van der Waals surface area contributed by atoms with Crippen molar-refractivity contribution in [3.8, 4) is 0 Å². The predicted molar refractivity (Wildman–Crippen MR) is 83.2 cm³/mol. The molecule has 3 heteroatoms. The highest BCUT2D eigenvalue weighted by molar-refractivity contribution is 8.05. The molecule has 1 saturated heterocycles. The van der Waals surface area contributed by atoms with E-state index in [2.05, 4.69) is 32.9 Å². The Labute approximate surface area is 121 Å². The number of carbonyl (C=O) groups excluding carboxylic acids is 1. The van der Waals surface area contributed by atoms with Gasteiger partial charge in [0, 0.05) is 7.05 Å². The molecular weight excluding hydrogens is 254 g/mol. The van der Waals surface area contributed by atoms with Gasteiger partial charge in [-0.2, -0.15) is 0 Å². The summed E-state index contributed by atoms with van der Waals surface area (Å²) in [6.45, 7) is 6.54. The first kappa shape index (κ1) is 14.7. The van der Waals surface area contributed by atoms with Crippen LogP contribution < -0.4 is 0 Å². The average Bonchev–Trinajstić information content (AvgIpc) is 2.63. The second-order valence-corrected chi connectivity index (χ2v) is 7.25. The molecule has 0 radical (unpaired) electrons. The number of amides is 1. The van der Waals surface area contributed by atoms with Gasteiger partial charge in [-0.15, -0.1) is 11.8 Å². The van der Waals surface area contributed by atoms with Crippen LogP contribution in [-0.4, -0.2) is 28.6 Å². The summed E-state index contributed by atoms with van der Waals surface area (Å²) in [4.78, 5) is 15.5. The Morgan fingerprint density at radius 2 is 2.00 bits per heavy atom. The molecule has 0 saturated carbocycles. The first-order valence-electron chi connectivity index (χ1n) is 7.33. The van der Waals surface area contributed by atoms with Gasteiger partial charge in [0.2, 0.25) is 5.91 Å². The van der Waals surface area contributed by atoms with E-state index in [4.69, 9.17) is 0 Å². The summed E-state index contributed by atoms with van der Waals surface area (Å²) < 4.78 is -0.169. The molecule has 0 aromatic rings. The minimum Gasteiger partial charge on any atom is -0.336 e. The molecule has 19 heavy (non-hydrogen) atoms. The summed E-state index contributed by atoms with van der Waals surface area (Å²) in [7, 11) is 1.94. The Morgan fingerprint density at radius 1 is 1.32 bits per heavy atom. The van der Waals surface area contributed by atoms with Crippen LogP contribution in [0.15, 0.2) is 22.6 Å². The summed E-state index contributed by atoms with van der Waals surface area (Å²) in [5.41, 5.74) is 1.39. The summed E-state index contributed by atoms with van der Waals surface area (Å²) in [6, 6.07) is 0.342. The minimum atomic E-state index is -0.169. The number of thioether (sulfide) groups is 1. The van der Waals surface area contributed by atoms with E-state index in [1.807, 2.05) is 11.9 Å². The van der Waals surface area contributed by atoms with Gasteiger partial charge in [-0.05, 0) is 43.6 Å². The van der Waals surface area contributed by atoms with Crippen molar-refractivity contribution in [1.29, 1.82) is 0 Å². The average molecular weight is 279 g/mol. The van der Waals surface area contributed by atoms with Crippen molar-refractivity contribution in [2.75, 3.05) is 7.05 Å². The molecule has 0 N–H and O–H groups in total. The van der Waals surface area contributed by atoms with Gasteiger partial charge in [0.05, 0.1) is 6.04 Å². The highest BCUT2D eigenvalue weighted by atomic mass is 32.2. The fourth-order valence-corrected chi connectivity index (χ4v) is 4.93. The quantitative estimate of drug-likeness (QED) is 0.414. The monoisotopic (exact) mass is 279 g/mol. The third-order valence-electron chi connectivity index (χ3n) is 4.39. The van der Waals surface area contributed by atoms with Crippen LogP contribution >= 0.6 is 11.8 Å². The summed E-state index contributed by atoms with van der Waals surface area (Å²) >= 11 is 1.81. The Morgan fingerprint density at radius 3 is 2.68 bits per heavy atom. The number of β-lactam (4-membered cyclic amide) rings is 1. The molecule has 0 aromatic heterocycles. The van der Waals surface area contributed by atoms with Gasteiger partial charge >= 0.3 is 0 Å². The van der Waals surface area contributed by atoms with Crippen molar-refractivity contribution in [2.45, 2.75) is 63.7 Å². The molecule has 0 spiro atoms. The Balaban J connectivity index is 1.93. The zero-order valence-corrected chi connectivity index (χ0v) is 13.3. The van der Waals surface area contributed by atoms with Gasteiger partial charge in [0.1, 0.15) is 4.75 Å². The predicted octanol–water partition coefficient (Wildman–Crippen LogP) is 4.13. The van der Waals surface area contributed by atoms with Crippen LogP contribution in [0.25, 0.3) is 0 Å². The topological polar surface area (TPSA) is 20.3 Å². The molecule has 1 amide bonds. The van der Waals surface area contributed by atoms with E-state index in [1.165, 1.54) is 29.7 Å². The lowest BCUT2D eigenvalue weighted by atomic mass is 9.79. The Kier molecular flexibility index (Phi) is 4.44. The van der Waals surface area contributed by atoms with Gasteiger partial charge in [-0.3, -0.25) is 4.79 Å². The van der Waals surface area contributed by atoms with Crippen LogP contribution in [0.1, 0.15) is 52.9 Å². The molecule has 2 nitrogen and oxygen atoms in total. The molecular formula is C16H25NOS. The molecule has 2 aliphatic rings. The van der Waals surface area contributed by atoms with E-state index in [9.17, 15) is 4.79 Å². The number of hydrogen-bond donors (Lipinski definition) is 0. The fraction of sp³-hybridized carbons (Fsp3) is 0.688. The Bertz CT molecular complexity index is 426. The van der Waals surface area contributed by atoms with Crippen molar-refractivity contribution in [1.82, 2.24) is 4.90 Å². The van der Waals surface area contributed by atoms with Crippen LogP contribution in [0.5, 0.6) is 0 Å². The molecule has 2 aliphatic heterocycles. The second-order valence-electron chi connectivity index (χ2n) is 5.70. The third-order valence-corrected chi connectivity index (χ3v) is 5.98. The molecule has 106 valence electrons. The van der Waals surface area contributed by atoms with Crippen LogP contribution in [0.3, 0.4) is 0 Å². The first-order chi connectivity index (χ1) is 9.04. The van der Waals surface area contributed by atoms with E-state index in [0.717, 1.165) is 12.8 Å². The number of fused-ring (bicyclic) bond motifs is 1. The number of carbonyl (C=O) groups is 1. The van der Waals surface area contributed by atoms with Crippen molar-refractivity contribution in [3.05, 3.63) is 22.6 Å². The van der Waals surface area contributed by atoms with Crippen molar-refractivity contribution in [3.63, 3.8) is 0 Å². The summed E-state index contributed by atoms with van der Waals surface area (Å²) in [5, 5.41) is 0. The van der Waals surface area contributed by atoms with Crippen LogP contribution in [0.2, 0.25) is 0 Å². The van der Waals surface area contributed by atoms with E-state index < -0.39 is 0 Å².